The number of carboxylic acids is 1. The molecule has 0 aliphatic heterocycles. The van der Waals surface area contributed by atoms with E-state index in [1.54, 1.807) is 0 Å². The van der Waals surface area contributed by atoms with Crippen molar-refractivity contribution in [2.75, 3.05) is 25.0 Å². The molecule has 0 aromatic heterocycles. The molecule has 0 aliphatic carbocycles. The van der Waals surface area contributed by atoms with Crippen molar-refractivity contribution < 1.29 is 14.7 Å². The summed E-state index contributed by atoms with van der Waals surface area (Å²) in [6.07, 6.45) is 0.937. The molecular weight excluding hydrogens is 268 g/mol. The van der Waals surface area contributed by atoms with Crippen LogP contribution in [0.25, 0.3) is 0 Å². The molecular formula is C16H24N2O3. The van der Waals surface area contributed by atoms with Crippen LogP contribution in [0, 0.1) is 13.8 Å². The zero-order valence-corrected chi connectivity index (χ0v) is 13.0. The topological polar surface area (TPSA) is 69.6 Å². The van der Waals surface area contributed by atoms with Gasteiger partial charge in [0, 0.05) is 12.2 Å². The Morgan fingerprint density at radius 3 is 2.33 bits per heavy atom. The van der Waals surface area contributed by atoms with Gasteiger partial charge < -0.3 is 10.4 Å². The fraction of sp³-hybridized carbons (Fsp3) is 0.500. The minimum absolute atomic E-state index is 0.0523. The van der Waals surface area contributed by atoms with E-state index in [9.17, 15) is 9.59 Å². The highest BCUT2D eigenvalue weighted by molar-refractivity contribution is 5.93. The van der Waals surface area contributed by atoms with Crippen molar-refractivity contribution in [3.05, 3.63) is 29.3 Å². The monoisotopic (exact) mass is 292 g/mol. The van der Waals surface area contributed by atoms with Crippen molar-refractivity contribution in [3.63, 3.8) is 0 Å². The quantitative estimate of drug-likeness (QED) is 0.772. The predicted octanol–water partition coefficient (Wildman–Crippen LogP) is 2.43. The van der Waals surface area contributed by atoms with E-state index < -0.39 is 5.97 Å². The van der Waals surface area contributed by atoms with Crippen molar-refractivity contribution in [3.8, 4) is 0 Å². The van der Waals surface area contributed by atoms with E-state index in [0.717, 1.165) is 23.2 Å². The standard InChI is InChI=1S/C16H24N2O3/c1-4-9-18(10-8-15(20)21)11-14(19)17-16-12(2)6-5-7-13(16)3/h5-7H,4,8-11H2,1-3H3,(H,17,19)(H,20,21). The van der Waals surface area contributed by atoms with E-state index in [1.807, 2.05) is 43.9 Å². The van der Waals surface area contributed by atoms with Gasteiger partial charge in [0.1, 0.15) is 0 Å². The van der Waals surface area contributed by atoms with Crippen LogP contribution < -0.4 is 5.32 Å². The average Bonchev–Trinajstić information content (AvgIpc) is 2.40. The SMILES string of the molecule is CCCN(CCC(=O)O)CC(=O)Nc1c(C)cccc1C. The van der Waals surface area contributed by atoms with E-state index in [2.05, 4.69) is 5.32 Å². The number of para-hydroxylation sites is 1. The Morgan fingerprint density at radius 1 is 1.19 bits per heavy atom. The first kappa shape index (κ1) is 17.2. The summed E-state index contributed by atoms with van der Waals surface area (Å²) in [4.78, 5) is 24.7. The number of anilines is 1. The molecule has 0 heterocycles. The molecule has 0 radical (unpaired) electrons. The van der Waals surface area contributed by atoms with E-state index in [4.69, 9.17) is 5.11 Å². The van der Waals surface area contributed by atoms with Gasteiger partial charge in [0.05, 0.1) is 13.0 Å². The summed E-state index contributed by atoms with van der Waals surface area (Å²) in [7, 11) is 0. The molecule has 1 amide bonds. The number of hydrogen-bond donors (Lipinski definition) is 2. The van der Waals surface area contributed by atoms with Gasteiger partial charge in [0.2, 0.25) is 5.91 Å². The Kier molecular flexibility index (Phi) is 6.88. The maximum Gasteiger partial charge on any atom is 0.304 e. The van der Waals surface area contributed by atoms with E-state index in [0.29, 0.717) is 13.1 Å². The smallest absolute Gasteiger partial charge is 0.304 e. The number of carbonyl (C=O) groups is 2. The first-order valence-electron chi connectivity index (χ1n) is 7.24. The van der Waals surface area contributed by atoms with Gasteiger partial charge in [-0.1, -0.05) is 25.1 Å². The van der Waals surface area contributed by atoms with Crippen LogP contribution in [0.15, 0.2) is 18.2 Å². The second kappa shape index (κ2) is 8.42. The van der Waals surface area contributed by atoms with Crippen LogP contribution >= 0.6 is 0 Å². The highest BCUT2D eigenvalue weighted by Crippen LogP contribution is 2.19. The Hall–Kier alpha value is -1.88. The van der Waals surface area contributed by atoms with Crippen LogP contribution in [0.2, 0.25) is 0 Å². The number of aryl methyl sites for hydroxylation is 2. The van der Waals surface area contributed by atoms with Crippen LogP contribution in [0.1, 0.15) is 30.9 Å². The number of amides is 1. The number of aliphatic carboxylic acids is 1. The van der Waals surface area contributed by atoms with Gasteiger partial charge in [-0.05, 0) is 37.9 Å². The van der Waals surface area contributed by atoms with Crippen LogP contribution in [-0.4, -0.2) is 41.5 Å². The molecule has 0 saturated heterocycles. The Labute approximate surface area is 126 Å². The van der Waals surface area contributed by atoms with Gasteiger partial charge >= 0.3 is 5.97 Å². The molecule has 0 fully saturated rings. The van der Waals surface area contributed by atoms with Gasteiger partial charge in [-0.15, -0.1) is 0 Å². The maximum absolute atomic E-state index is 12.1. The second-order valence-corrected chi connectivity index (χ2v) is 5.23. The van der Waals surface area contributed by atoms with Gasteiger partial charge in [0.15, 0.2) is 0 Å². The summed E-state index contributed by atoms with van der Waals surface area (Å²) in [6.45, 7) is 7.25. The van der Waals surface area contributed by atoms with Crippen LogP contribution in [0.4, 0.5) is 5.69 Å². The van der Waals surface area contributed by atoms with Gasteiger partial charge in [-0.2, -0.15) is 0 Å². The van der Waals surface area contributed by atoms with Gasteiger partial charge in [-0.25, -0.2) is 0 Å². The van der Waals surface area contributed by atoms with Crippen molar-refractivity contribution in [1.82, 2.24) is 4.90 Å². The normalized spacial score (nSPS) is 10.7. The largest absolute Gasteiger partial charge is 0.481 e. The van der Waals surface area contributed by atoms with Crippen LogP contribution in [-0.2, 0) is 9.59 Å². The third kappa shape index (κ3) is 5.95. The third-order valence-corrected chi connectivity index (χ3v) is 3.29. The maximum atomic E-state index is 12.1. The number of carboxylic acid groups (broad SMARTS) is 1. The number of nitrogens with zero attached hydrogens (tertiary/aromatic N) is 1. The molecule has 0 saturated carbocycles. The van der Waals surface area contributed by atoms with Crippen molar-refractivity contribution >= 4 is 17.6 Å². The van der Waals surface area contributed by atoms with Gasteiger partial charge in [-0.3, -0.25) is 14.5 Å². The molecule has 0 atom stereocenters. The average molecular weight is 292 g/mol. The molecule has 2 N–H and O–H groups in total. The molecule has 1 aromatic carbocycles. The molecule has 1 rings (SSSR count). The lowest BCUT2D eigenvalue weighted by molar-refractivity contribution is -0.137. The summed E-state index contributed by atoms with van der Waals surface area (Å²) >= 11 is 0. The van der Waals surface area contributed by atoms with E-state index in [-0.39, 0.29) is 18.9 Å². The van der Waals surface area contributed by atoms with Crippen LogP contribution in [0.3, 0.4) is 0 Å². The fourth-order valence-electron chi connectivity index (χ4n) is 2.23. The second-order valence-electron chi connectivity index (χ2n) is 5.23. The highest BCUT2D eigenvalue weighted by Gasteiger charge is 2.13. The number of carbonyl (C=O) groups excluding carboxylic acids is 1. The molecule has 5 heteroatoms. The van der Waals surface area contributed by atoms with E-state index >= 15 is 0 Å². The Morgan fingerprint density at radius 2 is 1.81 bits per heavy atom. The third-order valence-electron chi connectivity index (χ3n) is 3.29. The Balaban J connectivity index is 2.63. The minimum atomic E-state index is -0.841. The van der Waals surface area contributed by atoms with Crippen molar-refractivity contribution in [1.29, 1.82) is 0 Å². The zero-order chi connectivity index (χ0) is 15.8. The zero-order valence-electron chi connectivity index (χ0n) is 13.0. The summed E-state index contributed by atoms with van der Waals surface area (Å²) in [6, 6.07) is 5.87. The molecule has 0 spiro atoms. The summed E-state index contributed by atoms with van der Waals surface area (Å²) in [5.41, 5.74) is 2.89. The minimum Gasteiger partial charge on any atom is -0.481 e. The summed E-state index contributed by atoms with van der Waals surface area (Å²) < 4.78 is 0. The molecule has 0 unspecified atom stereocenters. The van der Waals surface area contributed by atoms with Crippen molar-refractivity contribution in [2.45, 2.75) is 33.6 Å². The number of benzene rings is 1. The van der Waals surface area contributed by atoms with Gasteiger partial charge in [0.25, 0.3) is 0 Å². The number of nitrogens with one attached hydrogen (secondary N) is 1. The van der Waals surface area contributed by atoms with E-state index in [1.165, 1.54) is 0 Å². The highest BCUT2D eigenvalue weighted by atomic mass is 16.4. The lowest BCUT2D eigenvalue weighted by atomic mass is 10.1. The fourth-order valence-corrected chi connectivity index (χ4v) is 2.23. The molecule has 116 valence electrons. The number of hydrogen-bond acceptors (Lipinski definition) is 3. The first-order chi connectivity index (χ1) is 9.93. The molecule has 1 aromatic rings. The summed E-state index contributed by atoms with van der Waals surface area (Å²) in [5, 5.41) is 11.7. The molecule has 21 heavy (non-hydrogen) atoms. The van der Waals surface area contributed by atoms with Crippen LogP contribution in [0.5, 0.6) is 0 Å². The summed E-state index contributed by atoms with van der Waals surface area (Å²) in [5.74, 6) is -0.947. The molecule has 0 bridgehead atoms. The number of rotatable bonds is 8. The lowest BCUT2D eigenvalue weighted by Gasteiger charge is -2.21. The lowest BCUT2D eigenvalue weighted by Crippen LogP contribution is -2.35. The molecule has 5 nitrogen and oxygen atoms in total. The molecule has 0 aliphatic rings. The predicted molar refractivity (Wildman–Crippen MR) is 83.5 cm³/mol. The Bertz CT molecular complexity index is 480. The first-order valence-corrected chi connectivity index (χ1v) is 7.24. The van der Waals surface area contributed by atoms with Crippen molar-refractivity contribution in [2.24, 2.45) is 0 Å².